The maximum absolute atomic E-state index is 9.75. The average molecular weight is 165 g/mol. The molecule has 0 saturated heterocycles. The van der Waals surface area contributed by atoms with E-state index >= 15 is 0 Å². The van der Waals surface area contributed by atoms with Gasteiger partial charge in [0.25, 0.3) is 0 Å². The number of hydrogen-bond donors (Lipinski definition) is 0. The van der Waals surface area contributed by atoms with Gasteiger partial charge in [-0.05, 0) is 17.7 Å². The summed E-state index contributed by atoms with van der Waals surface area (Å²) in [6, 6.07) is 7.31. The minimum Gasteiger partial charge on any atom is -0.497 e. The van der Waals surface area contributed by atoms with Gasteiger partial charge in [-0.15, -0.1) is 0 Å². The lowest BCUT2D eigenvalue weighted by Crippen LogP contribution is -1.90. The Bertz CT molecular complexity index is 258. The van der Waals surface area contributed by atoms with Crippen molar-refractivity contribution in [1.82, 2.24) is 0 Å². The Kier molecular flexibility index (Phi) is 3.14. The van der Waals surface area contributed by atoms with E-state index in [2.05, 4.69) is 4.74 Å². The lowest BCUT2D eigenvalue weighted by molar-refractivity contribution is 0.266. The SMILES string of the molecule is COc1cccc(CO[C]=O)c1. The van der Waals surface area contributed by atoms with Crippen molar-refractivity contribution in [1.29, 1.82) is 0 Å². The average Bonchev–Trinajstić information content (AvgIpc) is 2.15. The van der Waals surface area contributed by atoms with Gasteiger partial charge < -0.3 is 9.47 Å². The first-order valence-corrected chi connectivity index (χ1v) is 3.48. The van der Waals surface area contributed by atoms with Crippen molar-refractivity contribution in [2.24, 2.45) is 0 Å². The van der Waals surface area contributed by atoms with Crippen LogP contribution in [-0.2, 0) is 16.1 Å². The van der Waals surface area contributed by atoms with Gasteiger partial charge in [0.05, 0.1) is 7.11 Å². The number of ether oxygens (including phenoxy) is 2. The topological polar surface area (TPSA) is 35.5 Å². The minimum atomic E-state index is 0.237. The van der Waals surface area contributed by atoms with Gasteiger partial charge in [0.1, 0.15) is 12.4 Å². The van der Waals surface area contributed by atoms with E-state index in [0.717, 1.165) is 11.3 Å². The molecule has 0 aliphatic rings. The van der Waals surface area contributed by atoms with Gasteiger partial charge in [0, 0.05) is 0 Å². The lowest BCUT2D eigenvalue weighted by atomic mass is 10.2. The lowest BCUT2D eigenvalue weighted by Gasteiger charge is -2.01. The molecular formula is C9H9O3. The summed E-state index contributed by atoms with van der Waals surface area (Å²) in [5.74, 6) is 0.752. The first kappa shape index (κ1) is 8.59. The zero-order chi connectivity index (χ0) is 8.81. The van der Waals surface area contributed by atoms with Crippen LogP contribution in [0.2, 0.25) is 0 Å². The molecule has 3 nitrogen and oxygen atoms in total. The highest BCUT2D eigenvalue weighted by Crippen LogP contribution is 2.12. The van der Waals surface area contributed by atoms with Crippen molar-refractivity contribution in [2.45, 2.75) is 6.61 Å². The first-order valence-electron chi connectivity index (χ1n) is 3.48. The first-order chi connectivity index (χ1) is 5.86. The van der Waals surface area contributed by atoms with E-state index < -0.39 is 0 Å². The van der Waals surface area contributed by atoms with Crippen molar-refractivity contribution in [2.75, 3.05) is 7.11 Å². The van der Waals surface area contributed by atoms with Crippen molar-refractivity contribution in [3.05, 3.63) is 29.8 Å². The van der Waals surface area contributed by atoms with Crippen LogP contribution in [0.1, 0.15) is 5.56 Å². The molecule has 0 aliphatic heterocycles. The van der Waals surface area contributed by atoms with Crippen molar-refractivity contribution in [3.63, 3.8) is 0 Å². The summed E-state index contributed by atoms with van der Waals surface area (Å²) in [5, 5.41) is 0. The van der Waals surface area contributed by atoms with Crippen molar-refractivity contribution >= 4 is 6.47 Å². The van der Waals surface area contributed by atoms with Crippen LogP contribution in [0, 0.1) is 0 Å². The monoisotopic (exact) mass is 165 g/mol. The van der Waals surface area contributed by atoms with Crippen LogP contribution in [-0.4, -0.2) is 13.6 Å². The zero-order valence-electron chi connectivity index (χ0n) is 6.74. The predicted octanol–water partition coefficient (Wildman–Crippen LogP) is 1.28. The normalized spacial score (nSPS) is 9.08. The molecule has 1 aromatic rings. The Hall–Kier alpha value is -1.51. The Morgan fingerprint density at radius 2 is 2.33 bits per heavy atom. The largest absolute Gasteiger partial charge is 0.497 e. The summed E-state index contributed by atoms with van der Waals surface area (Å²) in [4.78, 5) is 9.75. The standard InChI is InChI=1S/C9H9O3/c1-11-9-4-2-3-8(5-9)6-12-7-10/h2-5H,6H2,1H3. The fourth-order valence-corrected chi connectivity index (χ4v) is 0.875. The van der Waals surface area contributed by atoms with Gasteiger partial charge in [0.15, 0.2) is 0 Å². The molecule has 0 amide bonds. The molecule has 1 rings (SSSR count). The third kappa shape index (κ3) is 2.27. The predicted molar refractivity (Wildman–Crippen MR) is 43.5 cm³/mol. The number of methoxy groups -OCH3 is 1. The maximum Gasteiger partial charge on any atom is 0.417 e. The molecule has 0 N–H and O–H groups in total. The molecule has 0 spiro atoms. The molecule has 0 unspecified atom stereocenters. The molecule has 1 radical (unpaired) electrons. The Labute approximate surface area is 70.9 Å². The van der Waals surface area contributed by atoms with Gasteiger partial charge in [-0.25, -0.2) is 4.79 Å². The molecule has 1 aromatic carbocycles. The Morgan fingerprint density at radius 3 is 3.00 bits per heavy atom. The summed E-state index contributed by atoms with van der Waals surface area (Å²) >= 11 is 0. The summed E-state index contributed by atoms with van der Waals surface area (Å²) in [6.07, 6.45) is 0. The van der Waals surface area contributed by atoms with E-state index in [1.54, 1.807) is 13.2 Å². The Balaban J connectivity index is 2.65. The molecule has 0 aliphatic carbocycles. The molecule has 0 aromatic heterocycles. The van der Waals surface area contributed by atoms with Crippen molar-refractivity contribution < 1.29 is 14.3 Å². The molecular weight excluding hydrogens is 156 g/mol. The molecule has 0 bridgehead atoms. The molecule has 63 valence electrons. The van der Waals surface area contributed by atoms with Crippen LogP contribution in [0.15, 0.2) is 24.3 Å². The number of benzene rings is 1. The van der Waals surface area contributed by atoms with Crippen LogP contribution in [0.4, 0.5) is 0 Å². The molecule has 0 saturated carbocycles. The number of carbonyl (C=O) groups excluding carboxylic acids is 1. The van der Waals surface area contributed by atoms with Crippen LogP contribution in [0.3, 0.4) is 0 Å². The van der Waals surface area contributed by atoms with Gasteiger partial charge >= 0.3 is 6.47 Å². The van der Waals surface area contributed by atoms with Gasteiger partial charge in [-0.1, -0.05) is 12.1 Å². The van der Waals surface area contributed by atoms with Crippen molar-refractivity contribution in [3.8, 4) is 5.75 Å². The van der Waals surface area contributed by atoms with Gasteiger partial charge in [0.2, 0.25) is 0 Å². The molecule has 0 atom stereocenters. The third-order valence-corrected chi connectivity index (χ3v) is 1.43. The third-order valence-electron chi connectivity index (χ3n) is 1.43. The zero-order valence-corrected chi connectivity index (χ0v) is 6.74. The van der Waals surface area contributed by atoms with Gasteiger partial charge in [-0.3, -0.25) is 0 Å². The van der Waals surface area contributed by atoms with Gasteiger partial charge in [-0.2, -0.15) is 0 Å². The molecule has 12 heavy (non-hydrogen) atoms. The van der Waals surface area contributed by atoms with E-state index in [1.807, 2.05) is 18.2 Å². The van der Waals surface area contributed by atoms with E-state index in [4.69, 9.17) is 4.74 Å². The van der Waals surface area contributed by atoms with E-state index in [-0.39, 0.29) is 6.61 Å². The van der Waals surface area contributed by atoms with Crippen LogP contribution < -0.4 is 4.74 Å². The Morgan fingerprint density at radius 1 is 1.50 bits per heavy atom. The van der Waals surface area contributed by atoms with Crippen LogP contribution >= 0.6 is 0 Å². The van der Waals surface area contributed by atoms with Crippen LogP contribution in [0.5, 0.6) is 5.75 Å². The van der Waals surface area contributed by atoms with Crippen LogP contribution in [0.25, 0.3) is 0 Å². The number of hydrogen-bond acceptors (Lipinski definition) is 3. The quantitative estimate of drug-likeness (QED) is 0.674. The highest BCUT2D eigenvalue weighted by molar-refractivity contribution is 5.39. The second-order valence-electron chi connectivity index (χ2n) is 2.22. The highest BCUT2D eigenvalue weighted by atomic mass is 16.5. The van der Waals surface area contributed by atoms with E-state index in [9.17, 15) is 4.79 Å². The second kappa shape index (κ2) is 4.38. The smallest absolute Gasteiger partial charge is 0.417 e. The maximum atomic E-state index is 9.75. The minimum absolute atomic E-state index is 0.237. The fraction of sp³-hybridized carbons (Fsp3) is 0.222. The van der Waals surface area contributed by atoms with E-state index in [0.29, 0.717) is 0 Å². The second-order valence-corrected chi connectivity index (χ2v) is 2.22. The summed E-state index contributed by atoms with van der Waals surface area (Å²) in [5.41, 5.74) is 0.887. The molecule has 3 heteroatoms. The molecule has 0 fully saturated rings. The number of rotatable bonds is 4. The van der Waals surface area contributed by atoms with E-state index in [1.165, 1.54) is 6.47 Å². The summed E-state index contributed by atoms with van der Waals surface area (Å²) in [6.45, 7) is 1.60. The summed E-state index contributed by atoms with van der Waals surface area (Å²) < 4.78 is 9.44. The fourth-order valence-electron chi connectivity index (χ4n) is 0.875. The highest BCUT2D eigenvalue weighted by Gasteiger charge is 1.94. The molecule has 0 heterocycles. The summed E-state index contributed by atoms with van der Waals surface area (Å²) in [7, 11) is 1.59.